The first-order valence-electron chi connectivity index (χ1n) is 12.0. The van der Waals surface area contributed by atoms with Gasteiger partial charge in [-0.3, -0.25) is 25.0 Å². The lowest BCUT2D eigenvalue weighted by molar-refractivity contribution is -0.384. The molecule has 2 heterocycles. The summed E-state index contributed by atoms with van der Waals surface area (Å²) in [6.45, 7) is 6.54. The molecule has 9 heteroatoms. The Labute approximate surface area is 204 Å². The van der Waals surface area contributed by atoms with Crippen LogP contribution in [0.5, 0.6) is 0 Å². The minimum Gasteiger partial charge on any atom is -0.367 e. The van der Waals surface area contributed by atoms with E-state index in [0.717, 1.165) is 35.4 Å². The SMILES string of the molecule is CCCCN1c2ccc([N+](=O)[O-])cc2C[C@@]2(C(=O)NC(=O)N(c3ccc(C)cc3)C2=O)[C@@H]1CCC. The van der Waals surface area contributed by atoms with Crippen LogP contribution in [0.15, 0.2) is 42.5 Å². The molecule has 1 N–H and O–H groups in total. The number of anilines is 2. The van der Waals surface area contributed by atoms with Gasteiger partial charge in [-0.2, -0.15) is 0 Å². The second kappa shape index (κ2) is 9.48. The van der Waals surface area contributed by atoms with E-state index in [1.807, 2.05) is 13.8 Å². The number of nitro groups is 1. The van der Waals surface area contributed by atoms with E-state index in [2.05, 4.69) is 17.1 Å². The van der Waals surface area contributed by atoms with Crippen molar-refractivity contribution in [1.29, 1.82) is 0 Å². The molecule has 2 aliphatic heterocycles. The van der Waals surface area contributed by atoms with Gasteiger partial charge >= 0.3 is 6.03 Å². The summed E-state index contributed by atoms with van der Waals surface area (Å²) in [4.78, 5) is 54.9. The molecule has 2 aromatic carbocycles. The lowest BCUT2D eigenvalue weighted by Gasteiger charge is -2.52. The van der Waals surface area contributed by atoms with Gasteiger partial charge in [0.2, 0.25) is 5.91 Å². The minimum absolute atomic E-state index is 0.0163. The van der Waals surface area contributed by atoms with Gasteiger partial charge in [0.25, 0.3) is 11.6 Å². The van der Waals surface area contributed by atoms with Crippen molar-refractivity contribution in [3.8, 4) is 0 Å². The highest BCUT2D eigenvalue weighted by Gasteiger charge is 2.62. The molecule has 4 amide bonds. The zero-order valence-electron chi connectivity index (χ0n) is 20.2. The van der Waals surface area contributed by atoms with E-state index in [1.54, 1.807) is 30.3 Å². The van der Waals surface area contributed by atoms with Gasteiger partial charge in [0.05, 0.1) is 16.7 Å². The average Bonchev–Trinajstić information content (AvgIpc) is 2.83. The normalized spacial score (nSPS) is 21.8. The van der Waals surface area contributed by atoms with Crippen LogP contribution in [0, 0.1) is 22.5 Å². The molecule has 2 atom stereocenters. The molecule has 0 aromatic heterocycles. The number of carbonyl (C=O) groups excluding carboxylic acids is 3. The Morgan fingerprint density at radius 3 is 2.43 bits per heavy atom. The van der Waals surface area contributed by atoms with Gasteiger partial charge in [0.1, 0.15) is 0 Å². The molecule has 0 saturated carbocycles. The molecular formula is C26H30N4O5. The number of hydrogen-bond acceptors (Lipinski definition) is 6. The van der Waals surface area contributed by atoms with Crippen LogP contribution >= 0.6 is 0 Å². The lowest BCUT2D eigenvalue weighted by atomic mass is 9.67. The number of aryl methyl sites for hydroxylation is 1. The summed E-state index contributed by atoms with van der Waals surface area (Å²) >= 11 is 0. The maximum Gasteiger partial charge on any atom is 0.335 e. The average molecular weight is 479 g/mol. The molecule has 0 bridgehead atoms. The molecule has 0 aliphatic carbocycles. The van der Waals surface area contributed by atoms with Crippen LogP contribution in [-0.4, -0.2) is 35.4 Å². The first-order chi connectivity index (χ1) is 16.7. The molecule has 2 aliphatic rings. The Hall–Kier alpha value is -3.75. The van der Waals surface area contributed by atoms with E-state index in [-0.39, 0.29) is 12.1 Å². The third kappa shape index (κ3) is 4.05. The van der Waals surface area contributed by atoms with Crippen molar-refractivity contribution < 1.29 is 19.3 Å². The monoisotopic (exact) mass is 478 g/mol. The van der Waals surface area contributed by atoms with E-state index >= 15 is 0 Å². The molecule has 184 valence electrons. The number of amides is 4. The maximum atomic E-state index is 14.2. The standard InChI is InChI=1S/C26H30N4O5/c1-4-6-14-28-21-13-12-20(30(34)35)15-18(21)16-26(22(28)7-5-2)23(31)27-25(33)29(24(26)32)19-10-8-17(3)9-11-19/h8-13,15,22H,4-7,14,16H2,1-3H3,(H,27,31,33)/t22-,26-/m0/s1. The molecule has 4 rings (SSSR count). The number of hydrogen-bond donors (Lipinski definition) is 1. The van der Waals surface area contributed by atoms with E-state index < -0.39 is 34.2 Å². The number of nitrogens with one attached hydrogen (secondary N) is 1. The molecule has 35 heavy (non-hydrogen) atoms. The van der Waals surface area contributed by atoms with Crippen molar-refractivity contribution >= 4 is 34.9 Å². The number of urea groups is 1. The van der Waals surface area contributed by atoms with Crippen LogP contribution in [0.2, 0.25) is 0 Å². The Morgan fingerprint density at radius 1 is 1.09 bits per heavy atom. The summed E-state index contributed by atoms with van der Waals surface area (Å²) in [7, 11) is 0. The number of carbonyl (C=O) groups is 3. The third-order valence-electron chi connectivity index (χ3n) is 7.02. The van der Waals surface area contributed by atoms with Crippen molar-refractivity contribution in [2.24, 2.45) is 5.41 Å². The Morgan fingerprint density at radius 2 is 1.80 bits per heavy atom. The van der Waals surface area contributed by atoms with Crippen LogP contribution in [0.25, 0.3) is 0 Å². The number of non-ortho nitro benzene ring substituents is 1. The molecule has 1 saturated heterocycles. The fourth-order valence-corrected chi connectivity index (χ4v) is 5.27. The van der Waals surface area contributed by atoms with Crippen LogP contribution in [0.3, 0.4) is 0 Å². The quantitative estimate of drug-likeness (QED) is 0.356. The number of nitrogens with zero attached hydrogens (tertiary/aromatic N) is 3. The lowest BCUT2D eigenvalue weighted by Crippen LogP contribution is -2.72. The Bertz CT molecular complexity index is 1180. The predicted molar refractivity (Wildman–Crippen MR) is 132 cm³/mol. The van der Waals surface area contributed by atoms with E-state index in [0.29, 0.717) is 24.2 Å². The van der Waals surface area contributed by atoms with E-state index in [4.69, 9.17) is 0 Å². The summed E-state index contributed by atoms with van der Waals surface area (Å²) in [6.07, 6.45) is 2.98. The molecule has 1 spiro atoms. The number of imide groups is 2. The highest BCUT2D eigenvalue weighted by Crippen LogP contribution is 2.47. The number of unbranched alkanes of at least 4 members (excludes halogenated alkanes) is 1. The first kappa shape index (κ1) is 24.4. The van der Waals surface area contributed by atoms with Crippen LogP contribution in [-0.2, 0) is 16.0 Å². The number of nitro benzene ring substituents is 1. The second-order valence-electron chi connectivity index (χ2n) is 9.31. The fraction of sp³-hybridized carbons (Fsp3) is 0.423. The highest BCUT2D eigenvalue weighted by atomic mass is 16.6. The zero-order valence-corrected chi connectivity index (χ0v) is 20.2. The van der Waals surface area contributed by atoms with Crippen molar-refractivity contribution in [3.63, 3.8) is 0 Å². The number of rotatable bonds is 7. The summed E-state index contributed by atoms with van der Waals surface area (Å²) in [5.74, 6) is -1.24. The van der Waals surface area contributed by atoms with Gasteiger partial charge in [0, 0.05) is 30.8 Å². The highest BCUT2D eigenvalue weighted by molar-refractivity contribution is 6.30. The predicted octanol–water partition coefficient (Wildman–Crippen LogP) is 4.50. The molecule has 0 radical (unpaired) electrons. The van der Waals surface area contributed by atoms with Crippen molar-refractivity contribution in [1.82, 2.24) is 5.32 Å². The van der Waals surface area contributed by atoms with Gasteiger partial charge in [-0.15, -0.1) is 0 Å². The largest absolute Gasteiger partial charge is 0.367 e. The fourth-order valence-electron chi connectivity index (χ4n) is 5.27. The topological polar surface area (TPSA) is 113 Å². The van der Waals surface area contributed by atoms with Gasteiger partial charge in [0.15, 0.2) is 5.41 Å². The minimum atomic E-state index is -1.59. The summed E-state index contributed by atoms with van der Waals surface area (Å²) < 4.78 is 0. The zero-order chi connectivity index (χ0) is 25.3. The summed E-state index contributed by atoms with van der Waals surface area (Å²) in [5, 5.41) is 13.9. The summed E-state index contributed by atoms with van der Waals surface area (Å²) in [6, 6.07) is 10.3. The number of fused-ring (bicyclic) bond motifs is 1. The van der Waals surface area contributed by atoms with Gasteiger partial charge in [-0.05, 0) is 43.5 Å². The van der Waals surface area contributed by atoms with Crippen LogP contribution in [0.1, 0.15) is 50.7 Å². The van der Waals surface area contributed by atoms with Gasteiger partial charge in [-0.25, -0.2) is 9.69 Å². The second-order valence-corrected chi connectivity index (χ2v) is 9.31. The first-order valence-corrected chi connectivity index (χ1v) is 12.0. The number of barbiturate groups is 1. The van der Waals surface area contributed by atoms with Crippen LogP contribution < -0.4 is 15.1 Å². The third-order valence-corrected chi connectivity index (χ3v) is 7.02. The summed E-state index contributed by atoms with van der Waals surface area (Å²) in [5.41, 5.74) is 1.02. The molecular weight excluding hydrogens is 448 g/mol. The Balaban J connectivity index is 1.91. The van der Waals surface area contributed by atoms with Gasteiger partial charge < -0.3 is 4.90 Å². The molecule has 1 fully saturated rings. The Kier molecular flexibility index (Phi) is 6.60. The van der Waals surface area contributed by atoms with Gasteiger partial charge in [-0.1, -0.05) is 44.4 Å². The van der Waals surface area contributed by atoms with Crippen LogP contribution in [0.4, 0.5) is 21.9 Å². The van der Waals surface area contributed by atoms with E-state index in [9.17, 15) is 24.5 Å². The smallest absolute Gasteiger partial charge is 0.335 e. The van der Waals surface area contributed by atoms with Crippen molar-refractivity contribution in [3.05, 3.63) is 63.7 Å². The molecule has 0 unspecified atom stereocenters. The number of benzene rings is 2. The maximum absolute atomic E-state index is 14.2. The van der Waals surface area contributed by atoms with Crippen molar-refractivity contribution in [2.45, 2.75) is 58.9 Å². The molecule has 2 aromatic rings. The molecule has 9 nitrogen and oxygen atoms in total. The van der Waals surface area contributed by atoms with E-state index in [1.165, 1.54) is 12.1 Å². The van der Waals surface area contributed by atoms with Crippen molar-refractivity contribution in [2.75, 3.05) is 16.3 Å².